The Hall–Kier alpha value is -1.98. The van der Waals surface area contributed by atoms with Crippen molar-refractivity contribution in [3.8, 4) is 5.75 Å². The minimum Gasteiger partial charge on any atom is -0.494 e. The minimum atomic E-state index is -0.151. The number of anilines is 1. The molecule has 5 heteroatoms. The van der Waals surface area contributed by atoms with Gasteiger partial charge in [0.2, 0.25) is 0 Å². The van der Waals surface area contributed by atoms with Gasteiger partial charge in [-0.1, -0.05) is 12.1 Å². The van der Waals surface area contributed by atoms with Gasteiger partial charge in [-0.25, -0.2) is 0 Å². The van der Waals surface area contributed by atoms with Gasteiger partial charge in [-0.05, 0) is 56.5 Å². The molecule has 0 fully saturated rings. The molecular formula is C20H27N2O2S+. The lowest BCUT2D eigenvalue weighted by atomic mass is 10.1. The van der Waals surface area contributed by atoms with E-state index in [1.54, 1.807) is 11.8 Å². The monoisotopic (exact) mass is 359 g/mol. The molecule has 0 aliphatic carbocycles. The van der Waals surface area contributed by atoms with Crippen molar-refractivity contribution in [3.63, 3.8) is 0 Å². The van der Waals surface area contributed by atoms with E-state index >= 15 is 0 Å². The molecular weight excluding hydrogens is 332 g/mol. The number of benzene rings is 2. The maximum absolute atomic E-state index is 12.6. The number of quaternary nitrogens is 1. The van der Waals surface area contributed by atoms with Crippen molar-refractivity contribution in [2.45, 2.75) is 31.3 Å². The zero-order chi connectivity index (χ0) is 18.2. The van der Waals surface area contributed by atoms with Crippen LogP contribution in [0.3, 0.4) is 0 Å². The molecule has 2 aromatic carbocycles. The molecule has 1 unspecified atom stereocenters. The second kappa shape index (κ2) is 9.49. The van der Waals surface area contributed by atoms with Crippen molar-refractivity contribution in [1.29, 1.82) is 0 Å². The number of hydrogen-bond acceptors (Lipinski definition) is 3. The molecule has 0 saturated heterocycles. The van der Waals surface area contributed by atoms with E-state index in [-0.39, 0.29) is 11.9 Å². The van der Waals surface area contributed by atoms with Crippen LogP contribution in [0.25, 0.3) is 0 Å². The predicted molar refractivity (Wildman–Crippen MR) is 105 cm³/mol. The van der Waals surface area contributed by atoms with Crippen LogP contribution in [0.2, 0.25) is 0 Å². The Morgan fingerprint density at radius 3 is 2.52 bits per heavy atom. The highest BCUT2D eigenvalue weighted by molar-refractivity contribution is 7.98. The summed E-state index contributed by atoms with van der Waals surface area (Å²) in [5.74, 6) is 0.910. The Morgan fingerprint density at radius 1 is 1.20 bits per heavy atom. The van der Waals surface area contributed by atoms with Crippen LogP contribution < -0.4 is 15.0 Å². The van der Waals surface area contributed by atoms with Crippen molar-refractivity contribution < 1.29 is 14.4 Å². The first-order valence-electron chi connectivity index (χ1n) is 8.53. The molecule has 1 amide bonds. The van der Waals surface area contributed by atoms with Gasteiger partial charge in [0.05, 0.1) is 19.3 Å². The van der Waals surface area contributed by atoms with E-state index in [0.29, 0.717) is 6.61 Å². The van der Waals surface area contributed by atoms with Crippen LogP contribution in [0.15, 0.2) is 53.4 Å². The van der Waals surface area contributed by atoms with Crippen molar-refractivity contribution in [2.75, 3.05) is 25.2 Å². The quantitative estimate of drug-likeness (QED) is 0.712. The molecule has 2 rings (SSSR count). The molecule has 2 aromatic rings. The molecule has 0 radical (unpaired) electrons. The van der Waals surface area contributed by atoms with Crippen LogP contribution in [0.4, 0.5) is 5.69 Å². The molecule has 134 valence electrons. The van der Waals surface area contributed by atoms with Gasteiger partial charge >= 0.3 is 0 Å². The van der Waals surface area contributed by atoms with Gasteiger partial charge in [-0.15, -0.1) is 11.8 Å². The number of para-hydroxylation sites is 1. The van der Waals surface area contributed by atoms with E-state index in [1.165, 1.54) is 5.56 Å². The largest absolute Gasteiger partial charge is 0.494 e. The van der Waals surface area contributed by atoms with Gasteiger partial charge < -0.3 is 15.0 Å². The zero-order valence-electron chi connectivity index (χ0n) is 15.3. The van der Waals surface area contributed by atoms with Crippen molar-refractivity contribution in [2.24, 2.45) is 0 Å². The molecule has 0 aliphatic rings. The molecule has 2 atom stereocenters. The highest BCUT2D eigenvalue weighted by atomic mass is 32.2. The van der Waals surface area contributed by atoms with Crippen LogP contribution in [-0.4, -0.2) is 31.9 Å². The summed E-state index contributed by atoms with van der Waals surface area (Å²) in [5, 5.41) is 3.05. The van der Waals surface area contributed by atoms with E-state index in [1.807, 2.05) is 63.5 Å². The standard InChI is InChI=1S/C20H26N2O2S/c1-5-24-17-12-10-16(11-13-17)14-22(3)15(2)20(23)21-18-8-6-7-9-19(18)25-4/h6-13,15H,5,14H2,1-4H3,(H,21,23)/p+1/t15-/m1/s1. The third-order valence-corrected chi connectivity index (χ3v) is 5.01. The van der Waals surface area contributed by atoms with Gasteiger partial charge in [0.1, 0.15) is 12.3 Å². The van der Waals surface area contributed by atoms with Gasteiger partial charge in [0, 0.05) is 10.5 Å². The Morgan fingerprint density at radius 2 is 1.88 bits per heavy atom. The molecule has 4 nitrogen and oxygen atoms in total. The number of likely N-dealkylation sites (N-methyl/N-ethyl adjacent to an activating group) is 1. The first-order chi connectivity index (χ1) is 12.0. The normalized spacial score (nSPS) is 13.1. The second-order valence-electron chi connectivity index (χ2n) is 6.01. The third-order valence-electron chi connectivity index (χ3n) is 4.21. The molecule has 0 spiro atoms. The first-order valence-corrected chi connectivity index (χ1v) is 9.75. The highest BCUT2D eigenvalue weighted by Crippen LogP contribution is 2.24. The molecule has 0 bridgehead atoms. The van der Waals surface area contributed by atoms with Crippen LogP contribution in [0, 0.1) is 0 Å². The summed E-state index contributed by atoms with van der Waals surface area (Å²) in [6, 6.07) is 15.8. The number of rotatable bonds is 8. The van der Waals surface area contributed by atoms with E-state index in [2.05, 4.69) is 17.4 Å². The fourth-order valence-corrected chi connectivity index (χ4v) is 3.11. The van der Waals surface area contributed by atoms with Crippen molar-refractivity contribution in [3.05, 3.63) is 54.1 Å². The number of amides is 1. The Balaban J connectivity index is 1.96. The Labute approximate surface area is 154 Å². The summed E-state index contributed by atoms with van der Waals surface area (Å²) in [7, 11) is 2.04. The van der Waals surface area contributed by atoms with Crippen LogP contribution in [0.5, 0.6) is 5.75 Å². The van der Waals surface area contributed by atoms with E-state index in [9.17, 15) is 4.79 Å². The van der Waals surface area contributed by atoms with Gasteiger partial charge in [-0.2, -0.15) is 0 Å². The number of nitrogens with one attached hydrogen (secondary N) is 2. The number of carbonyl (C=O) groups excluding carboxylic acids is 1. The Bertz CT molecular complexity index is 688. The van der Waals surface area contributed by atoms with Gasteiger partial charge in [-0.3, -0.25) is 4.79 Å². The van der Waals surface area contributed by atoms with E-state index < -0.39 is 0 Å². The van der Waals surface area contributed by atoms with Crippen LogP contribution in [0.1, 0.15) is 19.4 Å². The third kappa shape index (κ3) is 5.51. The number of ether oxygens (including phenoxy) is 1. The zero-order valence-corrected chi connectivity index (χ0v) is 16.2. The molecule has 0 heterocycles. The van der Waals surface area contributed by atoms with E-state index in [0.717, 1.165) is 27.8 Å². The van der Waals surface area contributed by atoms with Crippen LogP contribution >= 0.6 is 11.8 Å². The number of carbonyl (C=O) groups is 1. The van der Waals surface area contributed by atoms with Crippen LogP contribution in [-0.2, 0) is 11.3 Å². The van der Waals surface area contributed by atoms with E-state index in [4.69, 9.17) is 4.74 Å². The fourth-order valence-electron chi connectivity index (χ4n) is 2.56. The minimum absolute atomic E-state index is 0.0323. The molecule has 0 aromatic heterocycles. The van der Waals surface area contributed by atoms with Crippen molar-refractivity contribution >= 4 is 23.4 Å². The highest BCUT2D eigenvalue weighted by Gasteiger charge is 2.22. The Kier molecular flexibility index (Phi) is 7.34. The SMILES string of the molecule is CCOc1ccc(C[NH+](C)[C@H](C)C(=O)Nc2ccccc2SC)cc1. The maximum Gasteiger partial charge on any atom is 0.282 e. The fraction of sp³-hybridized carbons (Fsp3) is 0.350. The molecule has 25 heavy (non-hydrogen) atoms. The lowest BCUT2D eigenvalue weighted by molar-refractivity contribution is -0.907. The summed E-state index contributed by atoms with van der Waals surface area (Å²) in [6.07, 6.45) is 2.01. The smallest absolute Gasteiger partial charge is 0.282 e. The lowest BCUT2D eigenvalue weighted by Crippen LogP contribution is -3.12. The topological polar surface area (TPSA) is 42.8 Å². The summed E-state index contributed by atoms with van der Waals surface area (Å²) in [6.45, 7) is 5.38. The number of hydrogen-bond donors (Lipinski definition) is 2. The average molecular weight is 360 g/mol. The maximum atomic E-state index is 12.6. The number of thioether (sulfide) groups is 1. The summed E-state index contributed by atoms with van der Waals surface area (Å²) in [4.78, 5) is 14.8. The van der Waals surface area contributed by atoms with Crippen molar-refractivity contribution in [1.82, 2.24) is 0 Å². The predicted octanol–water partition coefficient (Wildman–Crippen LogP) is 2.85. The first kappa shape index (κ1) is 19.3. The summed E-state index contributed by atoms with van der Waals surface area (Å²) >= 11 is 1.63. The molecule has 2 N–H and O–H groups in total. The van der Waals surface area contributed by atoms with Gasteiger partial charge in [0.25, 0.3) is 5.91 Å². The lowest BCUT2D eigenvalue weighted by Gasteiger charge is -2.21. The summed E-state index contributed by atoms with van der Waals surface area (Å²) in [5.41, 5.74) is 2.06. The van der Waals surface area contributed by atoms with Gasteiger partial charge in [0.15, 0.2) is 6.04 Å². The molecule has 0 aliphatic heterocycles. The average Bonchev–Trinajstić information content (AvgIpc) is 2.63. The second-order valence-corrected chi connectivity index (χ2v) is 6.86. The summed E-state index contributed by atoms with van der Waals surface area (Å²) < 4.78 is 5.47. The molecule has 0 saturated carbocycles.